The van der Waals surface area contributed by atoms with Gasteiger partial charge in [0.25, 0.3) is 0 Å². The van der Waals surface area contributed by atoms with E-state index >= 15 is 0 Å². The van der Waals surface area contributed by atoms with Crippen molar-refractivity contribution >= 4 is 0 Å². The van der Waals surface area contributed by atoms with Crippen molar-refractivity contribution in [3.05, 3.63) is 0 Å². The molecule has 0 aliphatic carbocycles. The summed E-state index contributed by atoms with van der Waals surface area (Å²) >= 11 is 0. The van der Waals surface area contributed by atoms with E-state index in [1.54, 1.807) is 0 Å². The van der Waals surface area contributed by atoms with Crippen molar-refractivity contribution in [2.45, 2.75) is 36.4 Å². The Kier molecular flexibility index (Phi) is 2.85. The molecule has 1 fully saturated rings. The highest BCUT2D eigenvalue weighted by Gasteiger charge is 2.86. The van der Waals surface area contributed by atoms with E-state index in [9.17, 15) is 43.9 Å². The third-order valence-corrected chi connectivity index (χ3v) is 1.96. The maximum Gasteiger partial charge on any atom is 0.460 e. The summed E-state index contributed by atoms with van der Waals surface area (Å²) < 4.78 is 124. The van der Waals surface area contributed by atoms with Gasteiger partial charge in [0.05, 0.1) is 0 Å². The van der Waals surface area contributed by atoms with Crippen LogP contribution in [0.15, 0.2) is 0 Å². The van der Waals surface area contributed by atoms with Crippen molar-refractivity contribution in [3.63, 3.8) is 0 Å². The largest absolute Gasteiger partial charge is 0.460 e. The van der Waals surface area contributed by atoms with Crippen molar-refractivity contribution in [3.8, 4) is 0 Å². The first kappa shape index (κ1) is 14.3. The highest BCUT2D eigenvalue weighted by atomic mass is 19.4. The fraction of sp³-hybridized carbons (Fsp3) is 1.00. The lowest BCUT2D eigenvalue weighted by Gasteiger charge is -2.32. The van der Waals surface area contributed by atoms with Crippen LogP contribution in [-0.4, -0.2) is 36.4 Å². The van der Waals surface area contributed by atoms with Gasteiger partial charge in [-0.2, -0.15) is 39.5 Å². The number of halogens is 10. The highest BCUT2D eigenvalue weighted by molar-refractivity contribution is 5.07. The molecule has 0 N–H and O–H groups in total. The second kappa shape index (κ2) is 3.39. The summed E-state index contributed by atoms with van der Waals surface area (Å²) in [6.07, 6.45) is -13.2. The SMILES string of the molecule is FC1OC1C(F)(F)C(F)(F)C(F)(F)C(F)(F)F. The van der Waals surface area contributed by atoms with E-state index in [1.807, 2.05) is 0 Å². The minimum Gasteiger partial charge on any atom is -0.330 e. The maximum absolute atomic E-state index is 12.6. The third kappa shape index (κ3) is 1.83. The van der Waals surface area contributed by atoms with Gasteiger partial charge >= 0.3 is 23.9 Å². The lowest BCUT2D eigenvalue weighted by molar-refractivity contribution is -0.398. The van der Waals surface area contributed by atoms with Gasteiger partial charge in [-0.05, 0) is 0 Å². The Morgan fingerprint density at radius 1 is 0.706 bits per heavy atom. The van der Waals surface area contributed by atoms with Crippen LogP contribution in [0.5, 0.6) is 0 Å². The average molecular weight is 280 g/mol. The van der Waals surface area contributed by atoms with Gasteiger partial charge in [-0.15, -0.1) is 0 Å². The molecule has 1 rings (SSSR count). The number of epoxide rings is 1. The molecule has 102 valence electrons. The summed E-state index contributed by atoms with van der Waals surface area (Å²) in [4.78, 5) is 0. The van der Waals surface area contributed by atoms with Crippen LogP contribution in [0, 0.1) is 0 Å². The van der Waals surface area contributed by atoms with Gasteiger partial charge in [0, 0.05) is 0 Å². The molecule has 0 aromatic carbocycles. The zero-order valence-corrected chi connectivity index (χ0v) is 7.34. The van der Waals surface area contributed by atoms with Crippen LogP contribution >= 0.6 is 0 Å². The first-order valence-corrected chi connectivity index (χ1v) is 3.76. The number of rotatable bonds is 3. The predicted octanol–water partition coefficient (Wildman–Crippen LogP) is 3.15. The monoisotopic (exact) mass is 280 g/mol. The molecule has 0 bridgehead atoms. The molecule has 1 nitrogen and oxygen atoms in total. The lowest BCUT2D eigenvalue weighted by atomic mass is 10.0. The minimum atomic E-state index is -7.00. The molecule has 0 saturated carbocycles. The lowest BCUT2D eigenvalue weighted by Crippen LogP contribution is -2.62. The smallest absolute Gasteiger partial charge is 0.330 e. The normalized spacial score (nSPS) is 27.2. The van der Waals surface area contributed by atoms with Crippen molar-refractivity contribution in [1.29, 1.82) is 0 Å². The van der Waals surface area contributed by atoms with Gasteiger partial charge in [-0.3, -0.25) is 0 Å². The van der Waals surface area contributed by atoms with E-state index in [4.69, 9.17) is 0 Å². The van der Waals surface area contributed by atoms with Gasteiger partial charge in [0.15, 0.2) is 6.10 Å². The number of ether oxygens (including phenoxy) is 1. The van der Waals surface area contributed by atoms with Gasteiger partial charge in [-0.1, -0.05) is 0 Å². The quantitative estimate of drug-likeness (QED) is 0.571. The van der Waals surface area contributed by atoms with E-state index in [0.717, 1.165) is 0 Å². The van der Waals surface area contributed by atoms with Crippen molar-refractivity contribution in [1.82, 2.24) is 0 Å². The zero-order chi connectivity index (χ0) is 13.9. The summed E-state index contributed by atoms with van der Waals surface area (Å²) in [5.74, 6) is -19.8. The summed E-state index contributed by atoms with van der Waals surface area (Å²) in [6, 6.07) is 0. The summed E-state index contributed by atoms with van der Waals surface area (Å²) in [7, 11) is 0. The molecule has 0 aromatic rings. The van der Waals surface area contributed by atoms with Gasteiger partial charge in [0.2, 0.25) is 6.36 Å². The molecule has 1 saturated heterocycles. The summed E-state index contributed by atoms with van der Waals surface area (Å²) in [6.45, 7) is 0. The first-order valence-electron chi connectivity index (χ1n) is 3.76. The van der Waals surface area contributed by atoms with Crippen LogP contribution in [0.2, 0.25) is 0 Å². The second-order valence-electron chi connectivity index (χ2n) is 3.18. The predicted molar refractivity (Wildman–Crippen MR) is 30.7 cm³/mol. The molecule has 2 atom stereocenters. The molecular weight excluding hydrogens is 278 g/mol. The molecule has 1 heterocycles. The van der Waals surface area contributed by atoms with Crippen molar-refractivity contribution < 1.29 is 48.6 Å². The van der Waals surface area contributed by atoms with Crippen LogP contribution in [0.25, 0.3) is 0 Å². The number of hydrogen-bond donors (Lipinski definition) is 0. The van der Waals surface area contributed by atoms with Crippen molar-refractivity contribution in [2.75, 3.05) is 0 Å². The maximum atomic E-state index is 12.6. The van der Waals surface area contributed by atoms with Crippen LogP contribution in [-0.2, 0) is 4.74 Å². The first-order chi connectivity index (χ1) is 7.27. The average Bonchev–Trinajstić information content (AvgIpc) is 2.80. The molecule has 2 unspecified atom stereocenters. The highest BCUT2D eigenvalue weighted by Crippen LogP contribution is 2.57. The second-order valence-corrected chi connectivity index (χ2v) is 3.18. The Morgan fingerprint density at radius 3 is 1.29 bits per heavy atom. The van der Waals surface area contributed by atoms with Gasteiger partial charge in [-0.25, -0.2) is 4.39 Å². The molecule has 0 amide bonds. The summed E-state index contributed by atoms with van der Waals surface area (Å²) in [5, 5.41) is 0. The fourth-order valence-electron chi connectivity index (χ4n) is 0.911. The minimum absolute atomic E-state index is 3.00. The van der Waals surface area contributed by atoms with E-state index in [-0.39, 0.29) is 0 Å². The van der Waals surface area contributed by atoms with E-state index in [2.05, 4.69) is 4.74 Å². The molecule has 1 aliphatic heterocycles. The van der Waals surface area contributed by atoms with Gasteiger partial charge in [0.1, 0.15) is 0 Å². The van der Waals surface area contributed by atoms with E-state index in [1.165, 1.54) is 0 Å². The summed E-state index contributed by atoms with van der Waals surface area (Å²) in [5.41, 5.74) is 0. The molecule has 11 heteroatoms. The molecule has 0 aromatic heterocycles. The molecular formula is C6H2F10O. The Morgan fingerprint density at radius 2 is 1.06 bits per heavy atom. The van der Waals surface area contributed by atoms with Crippen LogP contribution < -0.4 is 0 Å². The third-order valence-electron chi connectivity index (χ3n) is 1.96. The molecule has 17 heavy (non-hydrogen) atoms. The standard InChI is InChI=1S/C6H2F10O/c7-2-1(17-2)3(8,9)4(10,11)5(12,13)6(14,15)16/h1-2H. The molecule has 0 spiro atoms. The molecule has 0 radical (unpaired) electrons. The Balaban J connectivity index is 3.10. The van der Waals surface area contributed by atoms with E-state index < -0.39 is 36.4 Å². The van der Waals surface area contributed by atoms with E-state index in [0.29, 0.717) is 0 Å². The van der Waals surface area contributed by atoms with Crippen LogP contribution in [0.1, 0.15) is 0 Å². The topological polar surface area (TPSA) is 12.5 Å². The van der Waals surface area contributed by atoms with Gasteiger partial charge < -0.3 is 4.74 Å². The molecule has 1 aliphatic rings. The Labute approximate surface area is 86.3 Å². The van der Waals surface area contributed by atoms with Crippen LogP contribution in [0.3, 0.4) is 0 Å². The number of alkyl halides is 10. The Hall–Kier alpha value is -0.740. The zero-order valence-electron chi connectivity index (χ0n) is 7.34. The Bertz CT molecular complexity index is 306. The number of hydrogen-bond acceptors (Lipinski definition) is 1. The fourth-order valence-corrected chi connectivity index (χ4v) is 0.911. The van der Waals surface area contributed by atoms with Crippen LogP contribution in [0.4, 0.5) is 43.9 Å². The van der Waals surface area contributed by atoms with Crippen molar-refractivity contribution in [2.24, 2.45) is 0 Å².